The van der Waals surface area contributed by atoms with Crippen molar-refractivity contribution >= 4 is 17.5 Å². The average molecular weight is 247 g/mol. The zero-order chi connectivity index (χ0) is 13.1. The van der Waals surface area contributed by atoms with E-state index < -0.39 is 0 Å². The van der Waals surface area contributed by atoms with E-state index in [1.165, 1.54) is 4.90 Å². The minimum atomic E-state index is -0.326. The van der Waals surface area contributed by atoms with Crippen LogP contribution in [-0.2, 0) is 0 Å². The van der Waals surface area contributed by atoms with Crippen molar-refractivity contribution in [2.75, 3.05) is 24.8 Å². The summed E-state index contributed by atoms with van der Waals surface area (Å²) in [4.78, 5) is 17.3. The summed E-state index contributed by atoms with van der Waals surface area (Å²) in [7, 11) is 3.20. The Balaban J connectivity index is 2.25. The zero-order valence-electron chi connectivity index (χ0n) is 10.0. The van der Waals surface area contributed by atoms with Gasteiger partial charge in [-0.05, 0) is 12.1 Å². The van der Waals surface area contributed by atoms with Crippen molar-refractivity contribution in [1.29, 1.82) is 0 Å². The van der Waals surface area contributed by atoms with Gasteiger partial charge in [-0.15, -0.1) is 5.10 Å². The van der Waals surface area contributed by atoms with E-state index in [0.29, 0.717) is 11.4 Å². The molecule has 7 heteroatoms. The van der Waals surface area contributed by atoms with Crippen LogP contribution in [0.4, 0.5) is 11.6 Å². The van der Waals surface area contributed by atoms with Gasteiger partial charge in [0.2, 0.25) is 11.8 Å². The highest BCUT2D eigenvalue weighted by molar-refractivity contribution is 6.03. The first kappa shape index (κ1) is 11.9. The third-order valence-corrected chi connectivity index (χ3v) is 2.45. The van der Waals surface area contributed by atoms with Crippen molar-refractivity contribution in [2.24, 2.45) is 0 Å². The van der Waals surface area contributed by atoms with Gasteiger partial charge in [-0.1, -0.05) is 6.07 Å². The van der Waals surface area contributed by atoms with Crippen LogP contribution >= 0.6 is 0 Å². The summed E-state index contributed by atoms with van der Waals surface area (Å²) in [5.74, 6) is 0.479. The number of nitrogen functional groups attached to an aromatic ring is 1. The molecule has 1 amide bonds. The highest BCUT2D eigenvalue weighted by Gasteiger charge is 2.17. The third-order valence-electron chi connectivity index (χ3n) is 2.45. The Labute approximate surface area is 104 Å². The van der Waals surface area contributed by atoms with Crippen LogP contribution in [0.1, 0.15) is 10.6 Å². The topological polar surface area (TPSA) is 97.1 Å². The maximum absolute atomic E-state index is 12.1. The van der Waals surface area contributed by atoms with Gasteiger partial charge < -0.3 is 15.4 Å². The number of benzene rings is 1. The van der Waals surface area contributed by atoms with Gasteiger partial charge in [0.25, 0.3) is 5.91 Å². The van der Waals surface area contributed by atoms with Crippen molar-refractivity contribution in [3.8, 4) is 5.75 Å². The molecule has 0 bridgehead atoms. The predicted molar refractivity (Wildman–Crippen MR) is 66.5 cm³/mol. The Morgan fingerprint density at radius 3 is 2.89 bits per heavy atom. The maximum atomic E-state index is 12.1. The smallest absolute Gasteiger partial charge is 0.295 e. The van der Waals surface area contributed by atoms with Crippen LogP contribution in [0, 0.1) is 0 Å². The number of H-pyrrole nitrogens is 1. The average Bonchev–Trinajstić information content (AvgIpc) is 2.83. The number of hydrogen-bond acceptors (Lipinski definition) is 5. The summed E-state index contributed by atoms with van der Waals surface area (Å²) in [6.45, 7) is 0. The summed E-state index contributed by atoms with van der Waals surface area (Å²) in [5, 5.41) is 6.09. The Bertz CT molecular complexity index is 566. The summed E-state index contributed by atoms with van der Waals surface area (Å²) in [5.41, 5.74) is 6.05. The monoisotopic (exact) mass is 247 g/mol. The minimum absolute atomic E-state index is 0.0393. The van der Waals surface area contributed by atoms with Gasteiger partial charge in [-0.2, -0.15) is 4.98 Å². The predicted octanol–water partition coefficient (Wildman–Crippen LogP) is 0.672. The molecule has 2 aromatic rings. The molecule has 1 aromatic heterocycles. The number of nitrogens with two attached hydrogens (primary N) is 1. The lowest BCUT2D eigenvalue weighted by molar-refractivity contribution is 0.0983. The summed E-state index contributed by atoms with van der Waals surface area (Å²) < 4.78 is 5.10. The standard InChI is InChI=1S/C11H13N5O2/c1-16(7-4-3-5-8(6-7)18-2)10(17)9-13-11(12)15-14-9/h3-6H,1-2H3,(H3,12,13,14,15). The van der Waals surface area contributed by atoms with Crippen LogP contribution in [0.2, 0.25) is 0 Å². The number of hydrogen-bond donors (Lipinski definition) is 2. The molecule has 0 fully saturated rings. The summed E-state index contributed by atoms with van der Waals surface area (Å²) in [6.07, 6.45) is 0. The summed E-state index contributed by atoms with van der Waals surface area (Å²) in [6, 6.07) is 7.14. The largest absolute Gasteiger partial charge is 0.497 e. The molecule has 0 radical (unpaired) electrons. The lowest BCUT2D eigenvalue weighted by Crippen LogP contribution is -2.27. The van der Waals surface area contributed by atoms with E-state index in [-0.39, 0.29) is 17.7 Å². The van der Waals surface area contributed by atoms with Crippen LogP contribution < -0.4 is 15.4 Å². The van der Waals surface area contributed by atoms with Gasteiger partial charge >= 0.3 is 0 Å². The Kier molecular flexibility index (Phi) is 3.13. The SMILES string of the molecule is COc1cccc(N(C)C(=O)c2nc(N)n[nH]2)c1. The minimum Gasteiger partial charge on any atom is -0.497 e. The molecule has 7 nitrogen and oxygen atoms in total. The van der Waals surface area contributed by atoms with Gasteiger partial charge in [0.05, 0.1) is 7.11 Å². The molecular formula is C11H13N5O2. The molecule has 0 aliphatic heterocycles. The molecular weight excluding hydrogens is 234 g/mol. The first-order chi connectivity index (χ1) is 8.61. The molecule has 0 saturated heterocycles. The Morgan fingerprint density at radius 2 is 2.28 bits per heavy atom. The number of carbonyl (C=O) groups is 1. The Morgan fingerprint density at radius 1 is 1.50 bits per heavy atom. The molecule has 0 aliphatic carbocycles. The van der Waals surface area contributed by atoms with E-state index in [1.807, 2.05) is 0 Å². The van der Waals surface area contributed by atoms with Crippen molar-refractivity contribution in [2.45, 2.75) is 0 Å². The molecule has 0 saturated carbocycles. The van der Waals surface area contributed by atoms with Crippen LogP contribution in [0.25, 0.3) is 0 Å². The number of aromatic amines is 1. The fraction of sp³-hybridized carbons (Fsp3) is 0.182. The number of methoxy groups -OCH3 is 1. The maximum Gasteiger partial charge on any atom is 0.295 e. The first-order valence-corrected chi connectivity index (χ1v) is 5.22. The van der Waals surface area contributed by atoms with Crippen molar-refractivity contribution < 1.29 is 9.53 Å². The lowest BCUT2D eigenvalue weighted by atomic mass is 10.2. The normalized spacial score (nSPS) is 10.1. The Hall–Kier alpha value is -2.57. The molecule has 18 heavy (non-hydrogen) atoms. The second-order valence-corrected chi connectivity index (χ2v) is 3.61. The number of ether oxygens (including phenoxy) is 1. The molecule has 0 aliphatic rings. The lowest BCUT2D eigenvalue weighted by Gasteiger charge is -2.16. The van der Waals surface area contributed by atoms with Crippen molar-refractivity contribution in [1.82, 2.24) is 15.2 Å². The van der Waals surface area contributed by atoms with Gasteiger partial charge in [0.15, 0.2) is 0 Å². The number of amides is 1. The van der Waals surface area contributed by atoms with Crippen LogP contribution in [-0.4, -0.2) is 35.2 Å². The van der Waals surface area contributed by atoms with Gasteiger partial charge in [0, 0.05) is 18.8 Å². The number of nitrogens with one attached hydrogen (secondary N) is 1. The highest BCUT2D eigenvalue weighted by atomic mass is 16.5. The van der Waals surface area contributed by atoms with Crippen LogP contribution in [0.3, 0.4) is 0 Å². The molecule has 0 atom stereocenters. The van der Waals surface area contributed by atoms with Crippen LogP contribution in [0.5, 0.6) is 5.75 Å². The third kappa shape index (κ3) is 2.24. The second kappa shape index (κ2) is 4.74. The van der Waals surface area contributed by atoms with Crippen molar-refractivity contribution in [3.05, 3.63) is 30.1 Å². The van der Waals surface area contributed by atoms with E-state index >= 15 is 0 Å². The molecule has 3 N–H and O–H groups in total. The number of aromatic nitrogens is 3. The quantitative estimate of drug-likeness (QED) is 0.830. The fourth-order valence-electron chi connectivity index (χ4n) is 1.47. The molecule has 94 valence electrons. The van der Waals surface area contributed by atoms with Crippen LogP contribution in [0.15, 0.2) is 24.3 Å². The van der Waals surface area contributed by atoms with E-state index in [0.717, 1.165) is 0 Å². The molecule has 1 aromatic carbocycles. The van der Waals surface area contributed by atoms with Gasteiger partial charge in [-0.25, -0.2) is 0 Å². The number of nitrogens with zero attached hydrogens (tertiary/aromatic N) is 3. The fourth-order valence-corrected chi connectivity index (χ4v) is 1.47. The number of rotatable bonds is 3. The van der Waals surface area contributed by atoms with E-state index in [4.69, 9.17) is 10.5 Å². The molecule has 1 heterocycles. The number of anilines is 2. The van der Waals surface area contributed by atoms with Crippen molar-refractivity contribution in [3.63, 3.8) is 0 Å². The molecule has 2 rings (SSSR count). The highest BCUT2D eigenvalue weighted by Crippen LogP contribution is 2.20. The zero-order valence-corrected chi connectivity index (χ0v) is 10.0. The molecule has 0 spiro atoms. The molecule has 0 unspecified atom stereocenters. The number of carbonyl (C=O) groups excluding carboxylic acids is 1. The second-order valence-electron chi connectivity index (χ2n) is 3.61. The van der Waals surface area contributed by atoms with E-state index in [9.17, 15) is 4.79 Å². The summed E-state index contributed by atoms with van der Waals surface area (Å²) >= 11 is 0. The first-order valence-electron chi connectivity index (χ1n) is 5.22. The van der Waals surface area contributed by atoms with Gasteiger partial charge in [0.1, 0.15) is 5.75 Å². The van der Waals surface area contributed by atoms with E-state index in [1.54, 1.807) is 38.4 Å². The van der Waals surface area contributed by atoms with E-state index in [2.05, 4.69) is 15.2 Å². The van der Waals surface area contributed by atoms with Gasteiger partial charge in [-0.3, -0.25) is 9.89 Å².